The number of benzene rings is 1. The van der Waals surface area contributed by atoms with Crippen molar-refractivity contribution >= 4 is 0 Å². The lowest BCUT2D eigenvalue weighted by atomic mass is 10.1. The summed E-state index contributed by atoms with van der Waals surface area (Å²) in [6, 6.07) is 8.74. The van der Waals surface area contributed by atoms with Crippen LogP contribution < -0.4 is 10.1 Å². The Morgan fingerprint density at radius 1 is 1.22 bits per heavy atom. The number of nitrogens with one attached hydrogen (secondary N) is 1. The van der Waals surface area contributed by atoms with Gasteiger partial charge in [0.1, 0.15) is 12.4 Å². The topological polar surface area (TPSA) is 24.5 Å². The van der Waals surface area contributed by atoms with Crippen LogP contribution in [0.3, 0.4) is 0 Å². The molecule has 1 aromatic carbocycles. The van der Waals surface area contributed by atoms with Crippen molar-refractivity contribution in [2.24, 2.45) is 0 Å². The highest BCUT2D eigenvalue weighted by Gasteiger charge is 2.22. The highest BCUT2D eigenvalue weighted by Crippen LogP contribution is 2.31. The largest absolute Gasteiger partial charge is 0.491 e. The molecule has 1 aromatic rings. The highest BCUT2D eigenvalue weighted by atomic mass is 16.5. The number of likely N-dealkylation sites (tertiary alicyclic amines) is 1. The first-order valence-corrected chi connectivity index (χ1v) is 7.11. The van der Waals surface area contributed by atoms with Crippen LogP contribution in [0.15, 0.2) is 24.3 Å². The van der Waals surface area contributed by atoms with Crippen molar-refractivity contribution in [1.29, 1.82) is 0 Å². The molecular formula is C15H22N2O. The minimum Gasteiger partial charge on any atom is -0.491 e. The van der Waals surface area contributed by atoms with Gasteiger partial charge in [-0.1, -0.05) is 18.2 Å². The van der Waals surface area contributed by atoms with Crippen molar-refractivity contribution in [3.8, 4) is 5.75 Å². The lowest BCUT2D eigenvalue weighted by Crippen LogP contribution is -2.28. The Morgan fingerprint density at radius 2 is 2.06 bits per heavy atom. The Hall–Kier alpha value is -1.06. The van der Waals surface area contributed by atoms with Gasteiger partial charge >= 0.3 is 0 Å². The van der Waals surface area contributed by atoms with E-state index in [0.29, 0.717) is 6.04 Å². The van der Waals surface area contributed by atoms with Gasteiger partial charge in [-0.05, 0) is 51.5 Å². The molecule has 1 saturated heterocycles. The molecule has 0 aliphatic carbocycles. The Kier molecular flexibility index (Phi) is 3.81. The van der Waals surface area contributed by atoms with Crippen LogP contribution in [-0.4, -0.2) is 37.7 Å². The summed E-state index contributed by atoms with van der Waals surface area (Å²) in [7, 11) is 0. The molecule has 2 aliphatic heterocycles. The molecule has 2 heterocycles. The molecule has 0 aromatic heterocycles. The van der Waals surface area contributed by atoms with Crippen LogP contribution in [0.2, 0.25) is 0 Å². The first-order chi connectivity index (χ1) is 8.93. The van der Waals surface area contributed by atoms with Crippen LogP contribution in [0.4, 0.5) is 0 Å². The van der Waals surface area contributed by atoms with Crippen molar-refractivity contribution in [1.82, 2.24) is 10.2 Å². The molecule has 0 saturated carbocycles. The molecule has 1 N–H and O–H groups in total. The van der Waals surface area contributed by atoms with E-state index in [9.17, 15) is 0 Å². The maximum absolute atomic E-state index is 5.67. The van der Waals surface area contributed by atoms with E-state index >= 15 is 0 Å². The summed E-state index contributed by atoms with van der Waals surface area (Å²) < 4.78 is 5.67. The molecule has 1 fully saturated rings. The molecule has 3 nitrogen and oxygen atoms in total. The third-order valence-corrected chi connectivity index (χ3v) is 3.94. The number of para-hydroxylation sites is 1. The molecule has 0 spiro atoms. The first-order valence-electron chi connectivity index (χ1n) is 7.11. The minimum absolute atomic E-state index is 0.389. The van der Waals surface area contributed by atoms with Gasteiger partial charge in [0.25, 0.3) is 0 Å². The zero-order chi connectivity index (χ0) is 12.2. The van der Waals surface area contributed by atoms with E-state index in [1.807, 2.05) is 6.07 Å². The summed E-state index contributed by atoms with van der Waals surface area (Å²) >= 11 is 0. The maximum Gasteiger partial charge on any atom is 0.124 e. The normalized spacial score (nSPS) is 23.0. The van der Waals surface area contributed by atoms with Crippen LogP contribution >= 0.6 is 0 Å². The van der Waals surface area contributed by atoms with Gasteiger partial charge in [0.2, 0.25) is 0 Å². The number of hydrogen-bond acceptors (Lipinski definition) is 3. The molecule has 2 aliphatic rings. The van der Waals surface area contributed by atoms with Gasteiger partial charge in [-0.15, -0.1) is 0 Å². The van der Waals surface area contributed by atoms with Crippen LogP contribution in [0, 0.1) is 0 Å². The molecule has 3 heteroatoms. The summed E-state index contributed by atoms with van der Waals surface area (Å²) in [4.78, 5) is 2.57. The van der Waals surface area contributed by atoms with E-state index in [-0.39, 0.29) is 0 Å². The van der Waals surface area contributed by atoms with E-state index < -0.39 is 0 Å². The fourth-order valence-corrected chi connectivity index (χ4v) is 2.92. The fourth-order valence-electron chi connectivity index (χ4n) is 2.92. The van der Waals surface area contributed by atoms with E-state index in [4.69, 9.17) is 4.74 Å². The summed E-state index contributed by atoms with van der Waals surface area (Å²) in [6.07, 6.45) is 4.01. The van der Waals surface area contributed by atoms with Crippen molar-refractivity contribution in [2.45, 2.75) is 25.3 Å². The second-order valence-corrected chi connectivity index (χ2v) is 5.26. The third kappa shape index (κ3) is 2.68. The van der Waals surface area contributed by atoms with Crippen LogP contribution in [0.1, 0.15) is 30.9 Å². The van der Waals surface area contributed by atoms with Crippen molar-refractivity contribution < 1.29 is 4.74 Å². The number of fused-ring (bicyclic) bond motifs is 1. The second-order valence-electron chi connectivity index (χ2n) is 5.26. The van der Waals surface area contributed by atoms with Crippen molar-refractivity contribution in [2.75, 3.05) is 32.8 Å². The number of nitrogens with zero attached hydrogens (tertiary/aromatic N) is 1. The molecule has 0 radical (unpaired) electrons. The lowest BCUT2D eigenvalue weighted by Gasteiger charge is -2.16. The summed E-state index contributed by atoms with van der Waals surface area (Å²) in [5.41, 5.74) is 1.32. The van der Waals surface area contributed by atoms with Crippen LogP contribution in [-0.2, 0) is 0 Å². The Morgan fingerprint density at radius 3 is 2.94 bits per heavy atom. The van der Waals surface area contributed by atoms with Crippen molar-refractivity contribution in [3.63, 3.8) is 0 Å². The van der Waals surface area contributed by atoms with Gasteiger partial charge < -0.3 is 15.0 Å². The molecule has 1 atom stereocenters. The van der Waals surface area contributed by atoms with Gasteiger partial charge in [0, 0.05) is 5.56 Å². The molecule has 98 valence electrons. The average molecular weight is 246 g/mol. The van der Waals surface area contributed by atoms with Gasteiger partial charge in [0.15, 0.2) is 0 Å². The zero-order valence-corrected chi connectivity index (χ0v) is 10.9. The van der Waals surface area contributed by atoms with Crippen molar-refractivity contribution in [3.05, 3.63) is 29.8 Å². The monoisotopic (exact) mass is 246 g/mol. The summed E-state index contributed by atoms with van der Waals surface area (Å²) in [6.45, 7) is 5.70. The predicted molar refractivity (Wildman–Crippen MR) is 73.0 cm³/mol. The smallest absolute Gasteiger partial charge is 0.124 e. The van der Waals surface area contributed by atoms with E-state index in [1.165, 1.54) is 44.5 Å². The Labute approximate surface area is 109 Å². The van der Waals surface area contributed by atoms with E-state index in [2.05, 4.69) is 28.4 Å². The van der Waals surface area contributed by atoms with Gasteiger partial charge in [0.05, 0.1) is 6.04 Å². The Balaban J connectivity index is 1.41. The number of ether oxygens (including phenoxy) is 1. The minimum atomic E-state index is 0.389. The van der Waals surface area contributed by atoms with E-state index in [1.54, 1.807) is 0 Å². The molecule has 0 bridgehead atoms. The van der Waals surface area contributed by atoms with E-state index in [0.717, 1.165) is 18.9 Å². The molecule has 1 unspecified atom stereocenters. The first kappa shape index (κ1) is 12.0. The van der Waals surface area contributed by atoms with Crippen LogP contribution in [0.25, 0.3) is 0 Å². The van der Waals surface area contributed by atoms with Gasteiger partial charge in [-0.2, -0.15) is 0 Å². The number of hydrogen-bond donors (Lipinski definition) is 1. The molecule has 0 amide bonds. The standard InChI is InChI=1S/C15H22N2O/c1-2-7-15-13(6-1)14(12-18-15)16-8-5-11-17-9-3-4-10-17/h1-2,6-7,14,16H,3-5,8-12H2. The third-order valence-electron chi connectivity index (χ3n) is 3.94. The number of rotatable bonds is 5. The maximum atomic E-state index is 5.67. The Bertz CT molecular complexity index is 388. The quantitative estimate of drug-likeness (QED) is 0.806. The zero-order valence-electron chi connectivity index (χ0n) is 10.9. The second kappa shape index (κ2) is 5.72. The average Bonchev–Trinajstić information content (AvgIpc) is 3.04. The summed E-state index contributed by atoms with van der Waals surface area (Å²) in [5, 5.41) is 3.61. The molecule has 18 heavy (non-hydrogen) atoms. The summed E-state index contributed by atoms with van der Waals surface area (Å²) in [5.74, 6) is 1.05. The van der Waals surface area contributed by atoms with Crippen LogP contribution in [0.5, 0.6) is 5.75 Å². The lowest BCUT2D eigenvalue weighted by molar-refractivity contribution is 0.299. The highest BCUT2D eigenvalue weighted by molar-refractivity contribution is 5.39. The fraction of sp³-hybridized carbons (Fsp3) is 0.600. The van der Waals surface area contributed by atoms with Gasteiger partial charge in [-0.3, -0.25) is 0 Å². The SMILES string of the molecule is c1ccc2c(c1)OCC2NCCCN1CCCC1. The van der Waals surface area contributed by atoms with Gasteiger partial charge in [-0.25, -0.2) is 0 Å². The molecule has 3 rings (SSSR count). The predicted octanol–water partition coefficient (Wildman–Crippen LogP) is 2.20. The molecular weight excluding hydrogens is 224 g/mol.